The van der Waals surface area contributed by atoms with Crippen molar-refractivity contribution in [3.8, 4) is 0 Å². The molecule has 1 amide bonds. The highest BCUT2D eigenvalue weighted by atomic mass is 16.5. The Morgan fingerprint density at radius 2 is 1.83 bits per heavy atom. The summed E-state index contributed by atoms with van der Waals surface area (Å²) in [7, 11) is 0. The van der Waals surface area contributed by atoms with Crippen LogP contribution in [-0.4, -0.2) is 67.5 Å². The van der Waals surface area contributed by atoms with Crippen molar-refractivity contribution in [3.63, 3.8) is 0 Å². The molecule has 0 aliphatic carbocycles. The Balaban J connectivity index is 4.38. The van der Waals surface area contributed by atoms with Crippen LogP contribution >= 0.6 is 0 Å². The average molecular weight is 332 g/mol. The first-order valence-corrected chi connectivity index (χ1v) is 8.32. The number of carbonyl (C=O) groups excluding carboxylic acids is 2. The van der Waals surface area contributed by atoms with Crippen LogP contribution in [0.25, 0.3) is 0 Å². The third-order valence-electron chi connectivity index (χ3n) is 4.27. The van der Waals surface area contributed by atoms with Gasteiger partial charge in [0.2, 0.25) is 0 Å². The van der Waals surface area contributed by atoms with Gasteiger partial charge in [0, 0.05) is 6.54 Å². The van der Waals surface area contributed by atoms with E-state index in [1.165, 1.54) is 4.90 Å². The lowest BCUT2D eigenvalue weighted by Crippen LogP contribution is -3.12. The van der Waals surface area contributed by atoms with Gasteiger partial charge < -0.3 is 29.5 Å². The molecule has 7 heteroatoms. The second-order valence-electron chi connectivity index (χ2n) is 6.41. The molecule has 2 N–H and O–H groups in total. The van der Waals surface area contributed by atoms with Gasteiger partial charge in [-0.3, -0.25) is 4.79 Å². The summed E-state index contributed by atoms with van der Waals surface area (Å²) in [6, 6.07) is 0. The summed E-state index contributed by atoms with van der Waals surface area (Å²) in [6.07, 6.45) is -1.76. The monoisotopic (exact) mass is 332 g/mol. The van der Waals surface area contributed by atoms with Crippen LogP contribution in [0.15, 0.2) is 0 Å². The van der Waals surface area contributed by atoms with Gasteiger partial charge in [0.05, 0.1) is 31.6 Å². The van der Waals surface area contributed by atoms with Crippen LogP contribution < -0.4 is 10.0 Å². The Kier molecular flexibility index (Phi) is 9.83. The van der Waals surface area contributed by atoms with Crippen molar-refractivity contribution in [3.05, 3.63) is 0 Å². The molecule has 0 aromatic carbocycles. The van der Waals surface area contributed by atoms with Crippen LogP contribution in [0, 0.1) is 5.41 Å². The van der Waals surface area contributed by atoms with Crippen LogP contribution in [-0.2, 0) is 9.53 Å². The van der Waals surface area contributed by atoms with Gasteiger partial charge in [0.25, 0.3) is 0 Å². The minimum absolute atomic E-state index is 0.122. The van der Waals surface area contributed by atoms with Crippen molar-refractivity contribution in [1.82, 2.24) is 4.90 Å². The van der Waals surface area contributed by atoms with Crippen molar-refractivity contribution in [2.75, 3.05) is 39.3 Å². The molecule has 0 aromatic rings. The predicted molar refractivity (Wildman–Crippen MR) is 84.9 cm³/mol. The molecule has 0 aliphatic rings. The SMILES string of the molecule is CC[NH+](CC)CCN(CC(O)COC(=O)C(C)(C)CC)C(=O)[O-]. The number of nitrogens with one attached hydrogen (secondary N) is 1. The second kappa shape index (κ2) is 10.4. The smallest absolute Gasteiger partial charge is 0.311 e. The summed E-state index contributed by atoms with van der Waals surface area (Å²) >= 11 is 0. The number of ether oxygens (including phenoxy) is 1. The van der Waals surface area contributed by atoms with Gasteiger partial charge in [-0.25, -0.2) is 0 Å². The fourth-order valence-corrected chi connectivity index (χ4v) is 1.97. The van der Waals surface area contributed by atoms with E-state index in [1.54, 1.807) is 13.8 Å². The van der Waals surface area contributed by atoms with Crippen LogP contribution in [0.3, 0.4) is 0 Å². The predicted octanol–water partition coefficient (Wildman–Crippen LogP) is -1.10. The Hall–Kier alpha value is -1.34. The summed E-state index contributed by atoms with van der Waals surface area (Å²) in [4.78, 5) is 25.3. The maximum absolute atomic E-state index is 11.8. The van der Waals surface area contributed by atoms with Gasteiger partial charge in [-0.05, 0) is 34.1 Å². The fourth-order valence-electron chi connectivity index (χ4n) is 1.97. The number of hydrogen-bond acceptors (Lipinski definition) is 5. The molecule has 0 rings (SSSR count). The van der Waals surface area contributed by atoms with E-state index in [9.17, 15) is 19.8 Å². The number of esters is 1. The minimum Gasteiger partial charge on any atom is -0.530 e. The van der Waals surface area contributed by atoms with E-state index in [0.717, 1.165) is 18.0 Å². The number of amides is 1. The maximum atomic E-state index is 11.8. The molecule has 1 atom stereocenters. The summed E-state index contributed by atoms with van der Waals surface area (Å²) in [5.74, 6) is -0.397. The molecule has 0 spiro atoms. The van der Waals surface area contributed by atoms with E-state index in [1.807, 2.05) is 20.8 Å². The van der Waals surface area contributed by atoms with Gasteiger partial charge in [-0.15, -0.1) is 0 Å². The van der Waals surface area contributed by atoms with E-state index in [0.29, 0.717) is 13.0 Å². The van der Waals surface area contributed by atoms with Gasteiger partial charge in [0.15, 0.2) is 0 Å². The lowest BCUT2D eigenvalue weighted by molar-refractivity contribution is -0.895. The molecular formula is C16H32N2O5. The van der Waals surface area contributed by atoms with Gasteiger partial charge in [-0.1, -0.05) is 6.92 Å². The lowest BCUT2D eigenvalue weighted by Gasteiger charge is -2.29. The molecule has 0 saturated carbocycles. The van der Waals surface area contributed by atoms with Crippen molar-refractivity contribution < 1.29 is 29.4 Å². The van der Waals surface area contributed by atoms with Gasteiger partial charge in [0.1, 0.15) is 18.8 Å². The molecule has 23 heavy (non-hydrogen) atoms. The molecule has 0 aromatic heterocycles. The number of nitrogens with zero attached hydrogens (tertiary/aromatic N) is 1. The highest BCUT2D eigenvalue weighted by Crippen LogP contribution is 2.21. The summed E-state index contributed by atoms with van der Waals surface area (Å²) < 4.78 is 5.07. The maximum Gasteiger partial charge on any atom is 0.311 e. The van der Waals surface area contributed by atoms with Crippen molar-refractivity contribution in [2.45, 2.75) is 47.1 Å². The van der Waals surface area contributed by atoms with Crippen LogP contribution in [0.5, 0.6) is 0 Å². The topological polar surface area (TPSA) is 94.3 Å². The quantitative estimate of drug-likeness (QED) is 0.468. The Morgan fingerprint density at radius 1 is 1.26 bits per heavy atom. The number of aliphatic hydroxyl groups excluding tert-OH is 1. The minimum atomic E-state index is -1.32. The van der Waals surface area contributed by atoms with Crippen molar-refractivity contribution in [2.24, 2.45) is 5.41 Å². The van der Waals surface area contributed by atoms with E-state index in [2.05, 4.69) is 0 Å². The number of hydrogen-bond donors (Lipinski definition) is 2. The van der Waals surface area contributed by atoms with E-state index >= 15 is 0 Å². The zero-order valence-corrected chi connectivity index (χ0v) is 15.1. The molecule has 0 fully saturated rings. The second-order valence-corrected chi connectivity index (χ2v) is 6.41. The Morgan fingerprint density at radius 3 is 2.26 bits per heavy atom. The number of rotatable bonds is 11. The van der Waals surface area contributed by atoms with Gasteiger partial charge in [-0.2, -0.15) is 0 Å². The highest BCUT2D eigenvalue weighted by molar-refractivity contribution is 5.75. The van der Waals surface area contributed by atoms with Gasteiger partial charge >= 0.3 is 5.97 Å². The zero-order chi connectivity index (χ0) is 18.0. The third-order valence-corrected chi connectivity index (χ3v) is 4.27. The number of quaternary nitrogens is 1. The largest absolute Gasteiger partial charge is 0.530 e. The van der Waals surface area contributed by atoms with E-state index < -0.39 is 23.6 Å². The van der Waals surface area contributed by atoms with Crippen molar-refractivity contribution in [1.29, 1.82) is 0 Å². The van der Waals surface area contributed by atoms with Crippen molar-refractivity contribution >= 4 is 12.1 Å². The summed E-state index contributed by atoms with van der Waals surface area (Å²) in [5, 5.41) is 21.1. The zero-order valence-electron chi connectivity index (χ0n) is 15.1. The van der Waals surface area contributed by atoms with Crippen LogP contribution in [0.1, 0.15) is 41.0 Å². The molecule has 0 heterocycles. The third kappa shape index (κ3) is 8.18. The first kappa shape index (κ1) is 21.7. The van der Waals surface area contributed by atoms with Crippen LogP contribution in [0.2, 0.25) is 0 Å². The Bertz CT molecular complexity index is 369. The highest BCUT2D eigenvalue weighted by Gasteiger charge is 2.27. The van der Waals surface area contributed by atoms with Crippen LogP contribution in [0.4, 0.5) is 4.79 Å². The molecule has 0 saturated heterocycles. The number of carbonyl (C=O) groups is 2. The molecule has 136 valence electrons. The number of likely N-dealkylation sites (N-methyl/N-ethyl adjacent to an activating group) is 1. The number of carboxylic acid groups (broad SMARTS) is 1. The summed E-state index contributed by atoms with van der Waals surface area (Å²) in [5.41, 5.74) is -0.611. The first-order chi connectivity index (χ1) is 10.7. The molecule has 0 aliphatic heterocycles. The fraction of sp³-hybridized carbons (Fsp3) is 0.875. The normalized spacial score (nSPS) is 13.0. The lowest BCUT2D eigenvalue weighted by atomic mass is 9.91. The first-order valence-electron chi connectivity index (χ1n) is 8.32. The molecular weight excluding hydrogens is 300 g/mol. The van der Waals surface area contributed by atoms with E-state index in [4.69, 9.17) is 4.74 Å². The van der Waals surface area contributed by atoms with E-state index in [-0.39, 0.29) is 19.7 Å². The summed E-state index contributed by atoms with van der Waals surface area (Å²) in [6.45, 7) is 11.9. The molecule has 1 unspecified atom stereocenters. The molecule has 0 bridgehead atoms. The average Bonchev–Trinajstić information content (AvgIpc) is 2.51. The molecule has 7 nitrogen and oxygen atoms in total. The Labute approximate surface area is 139 Å². The number of aliphatic hydroxyl groups is 1. The standard InChI is InChI=1S/C16H32N2O5/c1-6-16(4,5)14(20)23-12-13(19)11-18(15(21)22)10-9-17(7-2)8-3/h13,19H,6-12H2,1-5H3,(H,21,22). The molecule has 0 radical (unpaired) electrons.